The first-order chi connectivity index (χ1) is 5.40. The zero-order chi connectivity index (χ0) is 7.68. The van der Waals surface area contributed by atoms with Gasteiger partial charge in [-0.05, 0) is 0 Å². The van der Waals surface area contributed by atoms with Gasteiger partial charge in [0.05, 0.1) is 6.20 Å². The van der Waals surface area contributed by atoms with Crippen LogP contribution in [0.3, 0.4) is 0 Å². The summed E-state index contributed by atoms with van der Waals surface area (Å²) in [5.41, 5.74) is 1.13. The molecular weight excluding hydrogens is 144 g/mol. The predicted octanol–water partition coefficient (Wildman–Crippen LogP) is -0.189. The molecule has 0 atom stereocenters. The Kier molecular flexibility index (Phi) is 1.15. The van der Waals surface area contributed by atoms with Crippen LogP contribution in [-0.2, 0) is 4.79 Å². The van der Waals surface area contributed by atoms with Gasteiger partial charge >= 0.3 is 0 Å². The van der Waals surface area contributed by atoms with Crippen molar-refractivity contribution in [3.05, 3.63) is 18.3 Å². The van der Waals surface area contributed by atoms with E-state index in [0.717, 1.165) is 0 Å². The third kappa shape index (κ3) is 0.861. The molecule has 0 saturated heterocycles. The molecule has 5 heteroatoms. The molecule has 2 aromatic heterocycles. The van der Waals surface area contributed by atoms with Crippen LogP contribution in [0.2, 0.25) is 0 Å². The largest absolute Gasteiger partial charge is 0.320 e. The van der Waals surface area contributed by atoms with Gasteiger partial charge in [-0.3, -0.25) is 4.79 Å². The lowest BCUT2D eigenvalue weighted by Gasteiger charge is -1.80. The normalized spacial score (nSPS) is 10.2. The van der Waals surface area contributed by atoms with Crippen LogP contribution in [0, 0.1) is 0 Å². The quantitative estimate of drug-likeness (QED) is 0.606. The molecule has 2 rings (SSSR count). The summed E-state index contributed by atoms with van der Waals surface area (Å²) < 4.78 is 0. The monoisotopic (exact) mass is 147 g/mol. The number of fused-ring (bicyclic) bond motifs is 1. The smallest absolute Gasteiger partial charge is 0.272 e. The highest BCUT2D eigenvalue weighted by atomic mass is 16.1. The molecule has 2 heterocycles. The Balaban J connectivity index is 2.78. The zero-order valence-electron chi connectivity index (χ0n) is 5.40. The van der Waals surface area contributed by atoms with Gasteiger partial charge in [-0.2, -0.15) is 0 Å². The molecule has 5 nitrogen and oxygen atoms in total. The fraction of sp³-hybridized carbons (Fsp3) is 0. The van der Waals surface area contributed by atoms with Crippen LogP contribution >= 0.6 is 0 Å². The maximum Gasteiger partial charge on any atom is 0.272 e. The average molecular weight is 147 g/mol. The molecule has 11 heavy (non-hydrogen) atoms. The van der Waals surface area contributed by atoms with Gasteiger partial charge in [-0.15, -0.1) is 0 Å². The number of aromatic amines is 1. The molecule has 0 aliphatic rings. The van der Waals surface area contributed by atoms with Crippen molar-refractivity contribution in [1.82, 2.24) is 19.9 Å². The molecule has 0 bridgehead atoms. The number of aromatic nitrogens is 4. The standard InChI is InChI=1S/C6H3N4O/c11-2-5-9-4-1-7-3-8-6(4)10-5/h1,3H,(H,7,8,9,10). The molecule has 1 N–H and O–H groups in total. The molecule has 0 aromatic carbocycles. The van der Waals surface area contributed by atoms with Gasteiger partial charge < -0.3 is 4.98 Å². The lowest BCUT2D eigenvalue weighted by atomic mass is 10.6. The lowest BCUT2D eigenvalue weighted by molar-refractivity contribution is 0.560. The van der Waals surface area contributed by atoms with Crippen molar-refractivity contribution in [2.75, 3.05) is 0 Å². The number of nitrogens with one attached hydrogen (secondary N) is 1. The Labute approximate surface area is 61.5 Å². The maximum atomic E-state index is 10.1. The van der Waals surface area contributed by atoms with Crippen LogP contribution in [0.15, 0.2) is 12.5 Å². The molecule has 0 fully saturated rings. The summed E-state index contributed by atoms with van der Waals surface area (Å²) in [4.78, 5) is 24.2. The Bertz CT molecular complexity index is 361. The second-order valence-electron chi connectivity index (χ2n) is 1.94. The highest BCUT2D eigenvalue weighted by Crippen LogP contribution is 2.03. The fourth-order valence-electron chi connectivity index (χ4n) is 0.809. The Morgan fingerprint density at radius 1 is 1.55 bits per heavy atom. The summed E-state index contributed by atoms with van der Waals surface area (Å²) in [5.74, 6) is 0.153. The number of carbonyl (C=O) groups excluding carboxylic acids is 1. The second-order valence-corrected chi connectivity index (χ2v) is 1.94. The summed E-state index contributed by atoms with van der Waals surface area (Å²) >= 11 is 0. The Hall–Kier alpha value is -1.78. The Morgan fingerprint density at radius 2 is 2.45 bits per heavy atom. The molecule has 0 saturated carbocycles. The van der Waals surface area contributed by atoms with E-state index < -0.39 is 0 Å². The Morgan fingerprint density at radius 3 is 3.18 bits per heavy atom. The third-order valence-electron chi connectivity index (χ3n) is 1.26. The summed E-state index contributed by atoms with van der Waals surface area (Å²) in [6.07, 6.45) is 4.54. The van der Waals surface area contributed by atoms with Crippen LogP contribution in [-0.4, -0.2) is 26.2 Å². The van der Waals surface area contributed by atoms with E-state index in [0.29, 0.717) is 11.2 Å². The SMILES string of the molecule is O=[C]c1nc2cncnc2[nH]1. The maximum absolute atomic E-state index is 10.1. The molecule has 0 aliphatic carbocycles. The van der Waals surface area contributed by atoms with Crippen LogP contribution in [0.25, 0.3) is 11.2 Å². The van der Waals surface area contributed by atoms with Gasteiger partial charge in [0.25, 0.3) is 6.29 Å². The second kappa shape index (κ2) is 2.12. The van der Waals surface area contributed by atoms with Gasteiger partial charge in [-0.25, -0.2) is 15.0 Å². The summed E-state index contributed by atoms with van der Waals surface area (Å²) in [7, 11) is 0. The molecular formula is C6H3N4O. The van der Waals surface area contributed by atoms with Gasteiger partial charge in [0.2, 0.25) is 0 Å². The molecule has 0 amide bonds. The van der Waals surface area contributed by atoms with Crippen LogP contribution in [0.1, 0.15) is 5.82 Å². The van der Waals surface area contributed by atoms with E-state index in [-0.39, 0.29) is 5.82 Å². The zero-order valence-corrected chi connectivity index (χ0v) is 5.40. The molecule has 1 radical (unpaired) electrons. The predicted molar refractivity (Wildman–Crippen MR) is 36.5 cm³/mol. The first-order valence-electron chi connectivity index (χ1n) is 2.94. The van der Waals surface area contributed by atoms with E-state index in [1.807, 2.05) is 0 Å². The molecule has 0 spiro atoms. The average Bonchev–Trinajstić information content (AvgIpc) is 2.46. The van der Waals surface area contributed by atoms with Crippen LogP contribution < -0.4 is 0 Å². The lowest BCUT2D eigenvalue weighted by Crippen LogP contribution is -1.80. The van der Waals surface area contributed by atoms with Gasteiger partial charge in [0, 0.05) is 0 Å². The van der Waals surface area contributed by atoms with Crippen molar-refractivity contribution in [3.63, 3.8) is 0 Å². The fourth-order valence-corrected chi connectivity index (χ4v) is 0.809. The van der Waals surface area contributed by atoms with E-state index >= 15 is 0 Å². The minimum absolute atomic E-state index is 0.153. The summed E-state index contributed by atoms with van der Waals surface area (Å²) in [5, 5.41) is 0. The van der Waals surface area contributed by atoms with E-state index in [1.54, 1.807) is 6.29 Å². The number of hydrogen-bond acceptors (Lipinski definition) is 4. The van der Waals surface area contributed by atoms with Gasteiger partial charge in [-0.1, -0.05) is 0 Å². The van der Waals surface area contributed by atoms with E-state index in [4.69, 9.17) is 0 Å². The highest BCUT2D eigenvalue weighted by Gasteiger charge is 2.00. The number of H-pyrrole nitrogens is 1. The summed E-state index contributed by atoms with van der Waals surface area (Å²) in [6, 6.07) is 0. The van der Waals surface area contributed by atoms with E-state index in [9.17, 15) is 4.79 Å². The van der Waals surface area contributed by atoms with Crippen LogP contribution in [0.5, 0.6) is 0 Å². The van der Waals surface area contributed by atoms with Crippen LogP contribution in [0.4, 0.5) is 0 Å². The first kappa shape index (κ1) is 5.96. The molecule has 0 unspecified atom stereocenters. The van der Waals surface area contributed by atoms with E-state index in [1.165, 1.54) is 12.5 Å². The molecule has 53 valence electrons. The number of hydrogen-bond donors (Lipinski definition) is 1. The van der Waals surface area contributed by atoms with Crippen molar-refractivity contribution in [2.45, 2.75) is 0 Å². The number of nitrogens with zero attached hydrogens (tertiary/aromatic N) is 3. The first-order valence-corrected chi connectivity index (χ1v) is 2.94. The van der Waals surface area contributed by atoms with Crippen molar-refractivity contribution in [3.8, 4) is 0 Å². The van der Waals surface area contributed by atoms with Gasteiger partial charge in [0.15, 0.2) is 11.5 Å². The number of rotatable bonds is 1. The summed E-state index contributed by atoms with van der Waals surface area (Å²) in [6.45, 7) is 0. The number of imidazole rings is 1. The van der Waals surface area contributed by atoms with E-state index in [2.05, 4.69) is 19.9 Å². The van der Waals surface area contributed by atoms with Crippen molar-refractivity contribution < 1.29 is 4.79 Å². The third-order valence-corrected chi connectivity index (χ3v) is 1.26. The van der Waals surface area contributed by atoms with Gasteiger partial charge in [0.1, 0.15) is 11.8 Å². The molecule has 2 aromatic rings. The van der Waals surface area contributed by atoms with Crippen molar-refractivity contribution in [2.24, 2.45) is 0 Å². The van der Waals surface area contributed by atoms with Crippen molar-refractivity contribution >= 4 is 17.5 Å². The highest BCUT2D eigenvalue weighted by molar-refractivity contribution is 5.78. The molecule has 0 aliphatic heterocycles. The minimum Gasteiger partial charge on any atom is -0.320 e. The minimum atomic E-state index is 0.153. The van der Waals surface area contributed by atoms with Crippen molar-refractivity contribution in [1.29, 1.82) is 0 Å². The topological polar surface area (TPSA) is 71.5 Å².